The fourth-order valence-electron chi connectivity index (χ4n) is 4.11. The zero-order valence-electron chi connectivity index (χ0n) is 13.1. The molecule has 4 rings (SSSR count). The summed E-state index contributed by atoms with van der Waals surface area (Å²) in [4.78, 5) is 14.5. The molecule has 2 atom stereocenters. The summed E-state index contributed by atoms with van der Waals surface area (Å²) >= 11 is 6.90. The average molecular weight is 454 g/mol. The molecule has 1 N–H and O–H groups in total. The first-order valence-corrected chi connectivity index (χ1v) is 9.69. The van der Waals surface area contributed by atoms with E-state index in [1.165, 1.54) is 0 Å². The van der Waals surface area contributed by atoms with E-state index < -0.39 is 0 Å². The summed E-state index contributed by atoms with van der Waals surface area (Å²) < 4.78 is 3.61. The summed E-state index contributed by atoms with van der Waals surface area (Å²) in [6, 6.07) is 9.43. The molecule has 0 unspecified atom stereocenters. The largest absolute Gasteiger partial charge is 0.506 e. The van der Waals surface area contributed by atoms with Crippen molar-refractivity contribution < 1.29 is 5.11 Å². The van der Waals surface area contributed by atoms with Gasteiger partial charge in [-0.25, -0.2) is 0 Å². The number of hydrogen-bond donors (Lipinski definition) is 1. The van der Waals surface area contributed by atoms with Crippen molar-refractivity contribution in [1.82, 2.24) is 9.47 Å². The quantitative estimate of drug-likeness (QED) is 0.753. The summed E-state index contributed by atoms with van der Waals surface area (Å²) in [5.41, 5.74) is 2.19. The van der Waals surface area contributed by atoms with E-state index in [0.717, 1.165) is 41.8 Å². The van der Waals surface area contributed by atoms with Gasteiger partial charge in [-0.15, -0.1) is 0 Å². The van der Waals surface area contributed by atoms with E-state index in [9.17, 15) is 9.90 Å². The lowest BCUT2D eigenvalue weighted by atomic mass is 9.83. The number of aromatic hydroxyl groups is 1. The lowest BCUT2D eigenvalue weighted by molar-refractivity contribution is 0.113. The molecule has 0 spiro atoms. The van der Waals surface area contributed by atoms with Crippen LogP contribution in [-0.4, -0.2) is 27.7 Å². The molecule has 2 aliphatic rings. The van der Waals surface area contributed by atoms with Crippen LogP contribution >= 0.6 is 31.9 Å². The van der Waals surface area contributed by atoms with Gasteiger partial charge in [0.25, 0.3) is 5.56 Å². The van der Waals surface area contributed by atoms with Gasteiger partial charge in [0.2, 0.25) is 0 Å². The summed E-state index contributed by atoms with van der Waals surface area (Å²) in [5, 5.41) is 10.3. The summed E-state index contributed by atoms with van der Waals surface area (Å²) in [6.07, 6.45) is 1.15. The van der Waals surface area contributed by atoms with Gasteiger partial charge in [0.15, 0.2) is 0 Å². The number of likely N-dealkylation sites (tertiary alicyclic amines) is 1. The van der Waals surface area contributed by atoms with E-state index >= 15 is 0 Å². The minimum Gasteiger partial charge on any atom is -0.506 e. The molecule has 2 aromatic rings. The van der Waals surface area contributed by atoms with Crippen molar-refractivity contribution in [2.24, 2.45) is 5.92 Å². The van der Waals surface area contributed by atoms with Gasteiger partial charge in [0, 0.05) is 53.9 Å². The highest BCUT2D eigenvalue weighted by atomic mass is 79.9. The third-order valence-corrected chi connectivity index (χ3v) is 6.12. The highest BCUT2D eigenvalue weighted by Crippen LogP contribution is 2.37. The zero-order chi connectivity index (χ0) is 16.8. The minimum absolute atomic E-state index is 0.115. The normalized spacial score (nSPS) is 23.1. The zero-order valence-corrected chi connectivity index (χ0v) is 16.3. The molecule has 24 heavy (non-hydrogen) atoms. The maximum atomic E-state index is 12.1. The highest BCUT2D eigenvalue weighted by Gasteiger charge is 2.34. The SMILES string of the molecule is O=c1cccc2n1C[C@H]1C[C@H]2CN(Cc2cc(Br)cc(Br)c2O)C1. The second-order valence-electron chi connectivity index (χ2n) is 6.79. The summed E-state index contributed by atoms with van der Waals surface area (Å²) in [5.74, 6) is 1.20. The van der Waals surface area contributed by atoms with Crippen LogP contribution in [0.4, 0.5) is 0 Å². The first kappa shape index (κ1) is 16.4. The Morgan fingerprint density at radius 2 is 2.00 bits per heavy atom. The summed E-state index contributed by atoms with van der Waals surface area (Å²) in [6.45, 7) is 3.40. The molecule has 2 bridgehead atoms. The Morgan fingerprint density at radius 1 is 1.17 bits per heavy atom. The lowest BCUT2D eigenvalue weighted by Crippen LogP contribution is -2.46. The Bertz CT molecular complexity index is 849. The molecule has 0 amide bonds. The van der Waals surface area contributed by atoms with Crippen LogP contribution in [0.5, 0.6) is 5.75 Å². The van der Waals surface area contributed by atoms with Crippen LogP contribution in [0, 0.1) is 5.92 Å². The standard InChI is InChI=1S/C18H18Br2N2O2/c19-14-5-13(18(24)15(20)6-14)10-21-7-11-4-12(9-21)16-2-1-3-17(23)22(16)8-11/h1-3,5-6,11-12,24H,4,7-10H2/t11-,12-/m0/s1. The van der Waals surface area contributed by atoms with E-state index in [1.807, 2.05) is 22.8 Å². The average Bonchev–Trinajstić information content (AvgIpc) is 2.53. The molecule has 1 aromatic carbocycles. The van der Waals surface area contributed by atoms with Crippen LogP contribution in [0.15, 0.2) is 44.1 Å². The molecule has 1 saturated heterocycles. The van der Waals surface area contributed by atoms with Crippen LogP contribution in [-0.2, 0) is 13.1 Å². The Balaban J connectivity index is 1.60. The predicted octanol–water partition coefficient (Wildman–Crippen LogP) is 3.70. The maximum absolute atomic E-state index is 12.1. The lowest BCUT2D eigenvalue weighted by Gasteiger charge is -2.42. The van der Waals surface area contributed by atoms with Gasteiger partial charge in [-0.05, 0) is 46.5 Å². The third-order valence-electron chi connectivity index (χ3n) is 5.06. The van der Waals surface area contributed by atoms with Crippen LogP contribution in [0.2, 0.25) is 0 Å². The van der Waals surface area contributed by atoms with E-state index in [4.69, 9.17) is 0 Å². The number of nitrogens with zero attached hydrogens (tertiary/aromatic N) is 2. The first-order chi connectivity index (χ1) is 11.5. The third kappa shape index (κ3) is 2.95. The number of aromatic nitrogens is 1. The van der Waals surface area contributed by atoms with Crippen LogP contribution in [0.1, 0.15) is 23.6 Å². The molecule has 0 saturated carbocycles. The predicted molar refractivity (Wildman–Crippen MR) is 100 cm³/mol. The van der Waals surface area contributed by atoms with Crippen molar-refractivity contribution in [2.75, 3.05) is 13.1 Å². The van der Waals surface area contributed by atoms with Crippen molar-refractivity contribution in [3.63, 3.8) is 0 Å². The van der Waals surface area contributed by atoms with Crippen LogP contribution in [0.25, 0.3) is 0 Å². The number of pyridine rings is 1. The van der Waals surface area contributed by atoms with Crippen molar-refractivity contribution in [3.05, 3.63) is 60.9 Å². The number of halogens is 2. The number of hydrogen-bond acceptors (Lipinski definition) is 3. The van der Waals surface area contributed by atoms with Gasteiger partial charge < -0.3 is 9.67 Å². The van der Waals surface area contributed by atoms with Gasteiger partial charge >= 0.3 is 0 Å². The molecular formula is C18H18Br2N2O2. The summed E-state index contributed by atoms with van der Waals surface area (Å²) in [7, 11) is 0. The topological polar surface area (TPSA) is 45.5 Å². The molecule has 0 aliphatic carbocycles. The van der Waals surface area contributed by atoms with Gasteiger partial charge in [-0.3, -0.25) is 9.69 Å². The first-order valence-electron chi connectivity index (χ1n) is 8.10. The molecule has 126 valence electrons. The van der Waals surface area contributed by atoms with Crippen molar-refractivity contribution in [2.45, 2.75) is 25.4 Å². The smallest absolute Gasteiger partial charge is 0.250 e. The van der Waals surface area contributed by atoms with E-state index in [0.29, 0.717) is 28.6 Å². The number of phenolic OH excluding ortho intramolecular Hbond substituents is 1. The fraction of sp³-hybridized carbons (Fsp3) is 0.389. The fourth-order valence-corrected chi connectivity index (χ4v) is 5.42. The molecule has 0 radical (unpaired) electrons. The van der Waals surface area contributed by atoms with Crippen LogP contribution < -0.4 is 5.56 Å². The van der Waals surface area contributed by atoms with E-state index in [2.05, 4.69) is 42.8 Å². The molecular weight excluding hydrogens is 436 g/mol. The van der Waals surface area contributed by atoms with Crippen molar-refractivity contribution >= 4 is 31.9 Å². The maximum Gasteiger partial charge on any atom is 0.250 e. The second kappa shape index (κ2) is 6.32. The second-order valence-corrected chi connectivity index (χ2v) is 8.56. The molecule has 1 fully saturated rings. The Hall–Kier alpha value is -1.11. The Morgan fingerprint density at radius 3 is 2.83 bits per heavy atom. The number of rotatable bonds is 2. The van der Waals surface area contributed by atoms with Gasteiger partial charge in [-0.1, -0.05) is 22.0 Å². The molecule has 3 heterocycles. The van der Waals surface area contributed by atoms with Gasteiger partial charge in [0.05, 0.1) is 4.47 Å². The molecule has 4 nitrogen and oxygen atoms in total. The Labute approximate surface area is 157 Å². The van der Waals surface area contributed by atoms with E-state index in [-0.39, 0.29) is 5.56 Å². The number of piperidine rings is 1. The minimum atomic E-state index is 0.115. The number of benzene rings is 1. The number of fused-ring (bicyclic) bond motifs is 4. The van der Waals surface area contributed by atoms with Crippen molar-refractivity contribution in [1.29, 1.82) is 0 Å². The molecule has 2 aliphatic heterocycles. The Kier molecular flexibility index (Phi) is 4.31. The van der Waals surface area contributed by atoms with Crippen LogP contribution in [0.3, 0.4) is 0 Å². The van der Waals surface area contributed by atoms with Gasteiger partial charge in [-0.2, -0.15) is 0 Å². The van der Waals surface area contributed by atoms with E-state index in [1.54, 1.807) is 6.07 Å². The molecule has 6 heteroatoms. The van der Waals surface area contributed by atoms with Crippen molar-refractivity contribution in [3.8, 4) is 5.75 Å². The number of phenols is 1. The monoisotopic (exact) mass is 452 g/mol. The van der Waals surface area contributed by atoms with Gasteiger partial charge in [0.1, 0.15) is 5.75 Å². The molecule has 1 aromatic heterocycles. The highest BCUT2D eigenvalue weighted by molar-refractivity contribution is 9.11.